The lowest BCUT2D eigenvalue weighted by Crippen LogP contribution is -2.23. The standard InChI is InChI=1S/C18H18N2O5/c1-2-24-18(23)12-6-5-7-13(10-12)25-11-16(21)20-15-9-4-3-8-14(15)17(19)22/h3-10H,2,11H2,1H3,(H2,19,22)(H,20,21). The second-order valence-electron chi connectivity index (χ2n) is 4.99. The zero-order valence-corrected chi connectivity index (χ0v) is 13.7. The molecule has 0 radical (unpaired) electrons. The molecule has 0 aromatic heterocycles. The van der Waals surface area contributed by atoms with Crippen molar-refractivity contribution in [1.29, 1.82) is 0 Å². The molecule has 2 aromatic carbocycles. The third-order valence-electron chi connectivity index (χ3n) is 3.18. The predicted octanol–water partition coefficient (Wildman–Crippen LogP) is 1.98. The summed E-state index contributed by atoms with van der Waals surface area (Å²) in [4.78, 5) is 35.0. The molecular weight excluding hydrogens is 324 g/mol. The molecule has 130 valence electrons. The Kier molecular flexibility index (Phi) is 6.11. The van der Waals surface area contributed by atoms with E-state index in [-0.39, 0.29) is 18.8 Å². The van der Waals surface area contributed by atoms with Gasteiger partial charge in [0.05, 0.1) is 23.4 Å². The maximum Gasteiger partial charge on any atom is 0.338 e. The lowest BCUT2D eigenvalue weighted by atomic mass is 10.1. The van der Waals surface area contributed by atoms with Gasteiger partial charge in [-0.15, -0.1) is 0 Å². The van der Waals surface area contributed by atoms with E-state index in [1.54, 1.807) is 43.3 Å². The summed E-state index contributed by atoms with van der Waals surface area (Å²) in [6.07, 6.45) is 0. The van der Waals surface area contributed by atoms with Crippen molar-refractivity contribution in [2.75, 3.05) is 18.5 Å². The summed E-state index contributed by atoms with van der Waals surface area (Å²) in [5, 5.41) is 2.56. The Labute approximate surface area is 144 Å². The summed E-state index contributed by atoms with van der Waals surface area (Å²) in [7, 11) is 0. The molecule has 2 aromatic rings. The largest absolute Gasteiger partial charge is 0.484 e. The smallest absolute Gasteiger partial charge is 0.338 e. The number of nitrogens with two attached hydrogens (primary N) is 1. The average molecular weight is 342 g/mol. The SMILES string of the molecule is CCOC(=O)c1cccc(OCC(=O)Nc2ccccc2C(N)=O)c1. The fourth-order valence-electron chi connectivity index (χ4n) is 2.07. The van der Waals surface area contributed by atoms with Crippen LogP contribution < -0.4 is 15.8 Å². The summed E-state index contributed by atoms with van der Waals surface area (Å²) >= 11 is 0. The van der Waals surface area contributed by atoms with Gasteiger partial charge in [-0.1, -0.05) is 18.2 Å². The van der Waals surface area contributed by atoms with Crippen molar-refractivity contribution >= 4 is 23.5 Å². The van der Waals surface area contributed by atoms with Gasteiger partial charge in [0, 0.05) is 0 Å². The second kappa shape index (κ2) is 8.49. The van der Waals surface area contributed by atoms with E-state index >= 15 is 0 Å². The first kappa shape index (κ1) is 18.0. The van der Waals surface area contributed by atoms with E-state index in [1.807, 2.05) is 0 Å². The quantitative estimate of drug-likeness (QED) is 0.748. The summed E-state index contributed by atoms with van der Waals surface area (Å²) in [5.74, 6) is -1.22. The number of hydrogen-bond donors (Lipinski definition) is 2. The molecule has 0 aliphatic heterocycles. The van der Waals surface area contributed by atoms with E-state index in [0.717, 1.165) is 0 Å². The average Bonchev–Trinajstić information content (AvgIpc) is 2.61. The van der Waals surface area contributed by atoms with Gasteiger partial charge >= 0.3 is 5.97 Å². The van der Waals surface area contributed by atoms with Crippen molar-refractivity contribution in [2.45, 2.75) is 6.92 Å². The molecule has 3 N–H and O–H groups in total. The first-order chi connectivity index (χ1) is 12.0. The van der Waals surface area contributed by atoms with Gasteiger partial charge in [-0.05, 0) is 37.3 Å². The molecule has 0 atom stereocenters. The lowest BCUT2D eigenvalue weighted by Gasteiger charge is -2.10. The van der Waals surface area contributed by atoms with Crippen molar-refractivity contribution < 1.29 is 23.9 Å². The fraction of sp³-hybridized carbons (Fsp3) is 0.167. The van der Waals surface area contributed by atoms with E-state index in [4.69, 9.17) is 15.2 Å². The molecule has 0 fully saturated rings. The number of anilines is 1. The molecule has 2 amide bonds. The number of carbonyl (C=O) groups excluding carboxylic acids is 3. The van der Waals surface area contributed by atoms with Gasteiger partial charge in [-0.3, -0.25) is 9.59 Å². The molecule has 2 rings (SSSR count). The molecule has 0 heterocycles. The molecular formula is C18H18N2O5. The van der Waals surface area contributed by atoms with Crippen molar-refractivity contribution in [2.24, 2.45) is 5.73 Å². The lowest BCUT2D eigenvalue weighted by molar-refractivity contribution is -0.118. The van der Waals surface area contributed by atoms with Crippen LogP contribution in [0.3, 0.4) is 0 Å². The highest BCUT2D eigenvalue weighted by Gasteiger charge is 2.12. The highest BCUT2D eigenvalue weighted by Crippen LogP contribution is 2.16. The molecule has 0 unspecified atom stereocenters. The second-order valence-corrected chi connectivity index (χ2v) is 4.99. The molecule has 7 heteroatoms. The van der Waals surface area contributed by atoms with E-state index < -0.39 is 17.8 Å². The molecule has 0 aliphatic carbocycles. The number of rotatable bonds is 7. The van der Waals surface area contributed by atoms with Gasteiger partial charge in [-0.2, -0.15) is 0 Å². The van der Waals surface area contributed by atoms with E-state index in [2.05, 4.69) is 5.32 Å². The fourth-order valence-corrected chi connectivity index (χ4v) is 2.07. The molecule has 25 heavy (non-hydrogen) atoms. The normalized spacial score (nSPS) is 9.96. The summed E-state index contributed by atoms with van der Waals surface area (Å²) in [6.45, 7) is 1.69. The molecule has 0 bridgehead atoms. The number of carbonyl (C=O) groups is 3. The van der Waals surface area contributed by atoms with Crippen LogP contribution in [0.4, 0.5) is 5.69 Å². The Hall–Kier alpha value is -3.35. The third-order valence-corrected chi connectivity index (χ3v) is 3.18. The van der Waals surface area contributed by atoms with Crippen LogP contribution in [-0.2, 0) is 9.53 Å². The molecule has 0 spiro atoms. The Morgan fingerprint density at radius 1 is 1.08 bits per heavy atom. The Morgan fingerprint density at radius 3 is 2.56 bits per heavy atom. The Morgan fingerprint density at radius 2 is 1.84 bits per heavy atom. The van der Waals surface area contributed by atoms with Crippen LogP contribution in [0.1, 0.15) is 27.6 Å². The number of nitrogens with one attached hydrogen (secondary N) is 1. The zero-order chi connectivity index (χ0) is 18.2. The zero-order valence-electron chi connectivity index (χ0n) is 13.7. The van der Waals surface area contributed by atoms with Crippen LogP contribution in [0, 0.1) is 0 Å². The monoisotopic (exact) mass is 342 g/mol. The number of primary amides is 1. The van der Waals surface area contributed by atoms with Crippen LogP contribution in [0.2, 0.25) is 0 Å². The number of ether oxygens (including phenoxy) is 2. The van der Waals surface area contributed by atoms with Crippen molar-refractivity contribution in [3.63, 3.8) is 0 Å². The number of para-hydroxylation sites is 1. The Bertz CT molecular complexity index is 789. The van der Waals surface area contributed by atoms with Gasteiger partial charge in [0.2, 0.25) is 0 Å². The van der Waals surface area contributed by atoms with E-state index in [9.17, 15) is 14.4 Å². The van der Waals surface area contributed by atoms with Gasteiger partial charge in [0.25, 0.3) is 11.8 Å². The minimum atomic E-state index is -0.640. The maximum atomic E-state index is 12.0. The van der Waals surface area contributed by atoms with Crippen LogP contribution in [0.5, 0.6) is 5.75 Å². The van der Waals surface area contributed by atoms with Crippen LogP contribution in [-0.4, -0.2) is 31.0 Å². The van der Waals surface area contributed by atoms with Gasteiger partial charge in [0.1, 0.15) is 5.75 Å². The van der Waals surface area contributed by atoms with Crippen molar-refractivity contribution in [3.8, 4) is 5.75 Å². The highest BCUT2D eigenvalue weighted by atomic mass is 16.5. The first-order valence-electron chi connectivity index (χ1n) is 7.60. The van der Waals surface area contributed by atoms with Crippen LogP contribution >= 0.6 is 0 Å². The molecule has 0 aliphatic rings. The third kappa shape index (κ3) is 5.07. The van der Waals surface area contributed by atoms with Gasteiger partial charge in [-0.25, -0.2) is 4.79 Å². The van der Waals surface area contributed by atoms with Crippen molar-refractivity contribution in [3.05, 3.63) is 59.7 Å². The van der Waals surface area contributed by atoms with Gasteiger partial charge in [0.15, 0.2) is 6.61 Å². The number of amides is 2. The molecule has 0 saturated carbocycles. The van der Waals surface area contributed by atoms with E-state index in [1.165, 1.54) is 12.1 Å². The number of hydrogen-bond acceptors (Lipinski definition) is 5. The number of benzene rings is 2. The predicted molar refractivity (Wildman–Crippen MR) is 91.5 cm³/mol. The topological polar surface area (TPSA) is 108 Å². The Balaban J connectivity index is 1.98. The summed E-state index contributed by atoms with van der Waals surface area (Å²) in [5.41, 5.74) is 6.11. The van der Waals surface area contributed by atoms with Crippen LogP contribution in [0.25, 0.3) is 0 Å². The minimum absolute atomic E-state index is 0.208. The molecule has 0 saturated heterocycles. The first-order valence-corrected chi connectivity index (χ1v) is 7.60. The van der Waals surface area contributed by atoms with Crippen molar-refractivity contribution in [1.82, 2.24) is 0 Å². The number of esters is 1. The van der Waals surface area contributed by atoms with Gasteiger partial charge < -0.3 is 20.5 Å². The summed E-state index contributed by atoms with van der Waals surface area (Å²) < 4.78 is 10.3. The minimum Gasteiger partial charge on any atom is -0.484 e. The molecule has 7 nitrogen and oxygen atoms in total. The highest BCUT2D eigenvalue weighted by molar-refractivity contribution is 6.03. The maximum absolute atomic E-state index is 12.0. The van der Waals surface area contributed by atoms with Crippen LogP contribution in [0.15, 0.2) is 48.5 Å². The summed E-state index contributed by atoms with van der Waals surface area (Å²) in [6, 6.07) is 12.7. The van der Waals surface area contributed by atoms with E-state index in [0.29, 0.717) is 17.0 Å².